The Bertz CT molecular complexity index is 590. The van der Waals surface area contributed by atoms with Crippen molar-refractivity contribution in [2.45, 2.75) is 6.54 Å². The highest BCUT2D eigenvalue weighted by Gasteiger charge is 2.04. The number of nitrogens with two attached hydrogens (primary N) is 2. The van der Waals surface area contributed by atoms with Gasteiger partial charge in [0.2, 0.25) is 0 Å². The molecule has 0 unspecified atom stereocenters. The van der Waals surface area contributed by atoms with Crippen molar-refractivity contribution in [1.82, 2.24) is 0 Å². The van der Waals surface area contributed by atoms with Crippen molar-refractivity contribution in [3.63, 3.8) is 0 Å². The Morgan fingerprint density at radius 2 is 1.65 bits per heavy atom. The molecule has 0 aliphatic heterocycles. The molecule has 0 atom stereocenters. The zero-order valence-corrected chi connectivity index (χ0v) is 11.2. The number of methoxy groups -OCH3 is 1. The van der Waals surface area contributed by atoms with Crippen molar-refractivity contribution in [3.05, 3.63) is 54.1 Å². The van der Waals surface area contributed by atoms with Crippen molar-refractivity contribution in [1.29, 1.82) is 0 Å². The van der Waals surface area contributed by atoms with Crippen LogP contribution in [0.5, 0.6) is 17.2 Å². The van der Waals surface area contributed by atoms with E-state index in [1.807, 2.05) is 48.5 Å². The first-order valence-corrected chi connectivity index (χ1v) is 6.14. The zero-order chi connectivity index (χ0) is 14.4. The van der Waals surface area contributed by atoms with E-state index in [-0.39, 0.29) is 5.96 Å². The molecule has 0 heterocycles. The minimum atomic E-state index is 0.0827. The molecule has 0 spiro atoms. The van der Waals surface area contributed by atoms with E-state index in [2.05, 4.69) is 4.99 Å². The third-order valence-corrected chi connectivity index (χ3v) is 2.66. The molecule has 0 bridgehead atoms. The Balaban J connectivity index is 2.09. The number of aliphatic imine (C=N–C) groups is 1. The summed E-state index contributed by atoms with van der Waals surface area (Å²) in [5.74, 6) is 2.17. The molecule has 20 heavy (non-hydrogen) atoms. The molecule has 2 aromatic rings. The lowest BCUT2D eigenvalue weighted by atomic mass is 10.2. The summed E-state index contributed by atoms with van der Waals surface area (Å²) in [7, 11) is 1.61. The van der Waals surface area contributed by atoms with Gasteiger partial charge in [-0.05, 0) is 29.8 Å². The van der Waals surface area contributed by atoms with Gasteiger partial charge in [0.1, 0.15) is 5.75 Å². The van der Waals surface area contributed by atoms with E-state index < -0.39 is 0 Å². The summed E-state index contributed by atoms with van der Waals surface area (Å²) in [4.78, 5) is 3.95. The van der Waals surface area contributed by atoms with E-state index in [9.17, 15) is 0 Å². The van der Waals surface area contributed by atoms with E-state index in [1.165, 1.54) is 0 Å². The number of hydrogen-bond donors (Lipinski definition) is 2. The van der Waals surface area contributed by atoms with Crippen LogP contribution in [-0.4, -0.2) is 13.1 Å². The molecule has 0 saturated heterocycles. The lowest BCUT2D eigenvalue weighted by Gasteiger charge is -2.10. The first-order valence-electron chi connectivity index (χ1n) is 6.14. The maximum Gasteiger partial charge on any atom is 0.186 e. The van der Waals surface area contributed by atoms with E-state index in [0.29, 0.717) is 18.0 Å². The van der Waals surface area contributed by atoms with E-state index >= 15 is 0 Å². The largest absolute Gasteiger partial charge is 0.493 e. The number of rotatable bonds is 5. The van der Waals surface area contributed by atoms with Crippen molar-refractivity contribution in [2.24, 2.45) is 16.5 Å². The fourth-order valence-electron chi connectivity index (χ4n) is 1.68. The standard InChI is InChI=1S/C15H17N3O2/c1-19-13-4-2-3-5-14(13)20-12-8-6-11(7-9-12)10-18-15(16)17/h2-9H,10H2,1H3,(H4,16,17,18). The van der Waals surface area contributed by atoms with E-state index in [1.54, 1.807) is 7.11 Å². The van der Waals surface area contributed by atoms with Gasteiger partial charge in [-0.1, -0.05) is 24.3 Å². The average molecular weight is 271 g/mol. The van der Waals surface area contributed by atoms with Crippen molar-refractivity contribution in [3.8, 4) is 17.2 Å². The normalized spacial score (nSPS) is 9.85. The van der Waals surface area contributed by atoms with E-state index in [4.69, 9.17) is 20.9 Å². The van der Waals surface area contributed by atoms with Crippen LogP contribution >= 0.6 is 0 Å². The van der Waals surface area contributed by atoms with Crippen LogP contribution in [0.3, 0.4) is 0 Å². The summed E-state index contributed by atoms with van der Waals surface area (Å²) < 4.78 is 11.0. The third kappa shape index (κ3) is 3.65. The van der Waals surface area contributed by atoms with Gasteiger partial charge in [0.05, 0.1) is 13.7 Å². The highest BCUT2D eigenvalue weighted by Crippen LogP contribution is 2.30. The van der Waals surface area contributed by atoms with Crippen LogP contribution in [0.1, 0.15) is 5.56 Å². The Morgan fingerprint density at radius 1 is 1.00 bits per heavy atom. The number of para-hydroxylation sites is 2. The number of ether oxygens (including phenoxy) is 2. The molecule has 5 nitrogen and oxygen atoms in total. The molecule has 0 saturated carbocycles. The van der Waals surface area contributed by atoms with Crippen LogP contribution in [0.15, 0.2) is 53.5 Å². The van der Waals surface area contributed by atoms with Gasteiger partial charge >= 0.3 is 0 Å². The minimum Gasteiger partial charge on any atom is -0.493 e. The predicted octanol–water partition coefficient (Wildman–Crippen LogP) is 2.26. The first kappa shape index (κ1) is 13.7. The van der Waals surface area contributed by atoms with Gasteiger partial charge in [-0.3, -0.25) is 0 Å². The summed E-state index contributed by atoms with van der Waals surface area (Å²) in [5, 5.41) is 0. The summed E-state index contributed by atoms with van der Waals surface area (Å²) in [6.45, 7) is 0.456. The van der Waals surface area contributed by atoms with Crippen molar-refractivity contribution in [2.75, 3.05) is 7.11 Å². The Morgan fingerprint density at radius 3 is 2.25 bits per heavy atom. The van der Waals surface area contributed by atoms with Crippen LogP contribution in [0, 0.1) is 0 Å². The smallest absolute Gasteiger partial charge is 0.186 e. The van der Waals surface area contributed by atoms with Gasteiger partial charge < -0.3 is 20.9 Å². The topological polar surface area (TPSA) is 82.9 Å². The molecule has 0 aliphatic rings. The van der Waals surface area contributed by atoms with Crippen molar-refractivity contribution < 1.29 is 9.47 Å². The molecular formula is C15H17N3O2. The molecule has 4 N–H and O–H groups in total. The zero-order valence-electron chi connectivity index (χ0n) is 11.2. The number of guanidine groups is 1. The maximum atomic E-state index is 5.77. The van der Waals surface area contributed by atoms with Crippen molar-refractivity contribution >= 4 is 5.96 Å². The quantitative estimate of drug-likeness (QED) is 0.645. The number of hydrogen-bond acceptors (Lipinski definition) is 3. The summed E-state index contributed by atoms with van der Waals surface area (Å²) >= 11 is 0. The lowest BCUT2D eigenvalue weighted by molar-refractivity contribution is 0.379. The van der Waals surface area contributed by atoms with Gasteiger partial charge in [0, 0.05) is 0 Å². The van der Waals surface area contributed by atoms with Gasteiger partial charge in [0.25, 0.3) is 0 Å². The molecular weight excluding hydrogens is 254 g/mol. The molecule has 0 fully saturated rings. The molecule has 104 valence electrons. The second kappa shape index (κ2) is 6.47. The second-order valence-electron chi connectivity index (χ2n) is 4.14. The molecule has 0 radical (unpaired) electrons. The molecule has 0 amide bonds. The highest BCUT2D eigenvalue weighted by atomic mass is 16.5. The molecule has 0 aromatic heterocycles. The monoisotopic (exact) mass is 271 g/mol. The maximum absolute atomic E-state index is 5.77. The fourth-order valence-corrected chi connectivity index (χ4v) is 1.68. The molecule has 5 heteroatoms. The van der Waals surface area contributed by atoms with Gasteiger partial charge in [-0.25, -0.2) is 4.99 Å². The van der Waals surface area contributed by atoms with Crippen LogP contribution in [-0.2, 0) is 6.54 Å². The summed E-state index contributed by atoms with van der Waals surface area (Å²) in [6.07, 6.45) is 0. The molecule has 0 aliphatic carbocycles. The third-order valence-electron chi connectivity index (χ3n) is 2.66. The van der Waals surface area contributed by atoms with Gasteiger partial charge in [0.15, 0.2) is 17.5 Å². The summed E-state index contributed by atoms with van der Waals surface area (Å²) in [6, 6.07) is 15.0. The summed E-state index contributed by atoms with van der Waals surface area (Å²) in [5.41, 5.74) is 11.6. The average Bonchev–Trinajstić information content (AvgIpc) is 2.47. The second-order valence-corrected chi connectivity index (χ2v) is 4.14. The molecule has 2 aromatic carbocycles. The lowest BCUT2D eigenvalue weighted by Crippen LogP contribution is -2.22. The Hall–Kier alpha value is -2.69. The Labute approximate surface area is 117 Å². The number of benzene rings is 2. The van der Waals surface area contributed by atoms with Gasteiger partial charge in [-0.2, -0.15) is 0 Å². The van der Waals surface area contributed by atoms with Crippen LogP contribution < -0.4 is 20.9 Å². The van der Waals surface area contributed by atoms with Crippen LogP contribution in [0.25, 0.3) is 0 Å². The van der Waals surface area contributed by atoms with Gasteiger partial charge in [-0.15, -0.1) is 0 Å². The number of nitrogens with zero attached hydrogens (tertiary/aromatic N) is 1. The predicted molar refractivity (Wildman–Crippen MR) is 79.0 cm³/mol. The van der Waals surface area contributed by atoms with Crippen LogP contribution in [0.4, 0.5) is 0 Å². The Kier molecular flexibility index (Phi) is 4.44. The van der Waals surface area contributed by atoms with Crippen LogP contribution in [0.2, 0.25) is 0 Å². The molecule has 2 rings (SSSR count). The highest BCUT2D eigenvalue weighted by molar-refractivity contribution is 5.75. The van der Waals surface area contributed by atoms with E-state index in [0.717, 1.165) is 11.3 Å². The minimum absolute atomic E-state index is 0.0827. The SMILES string of the molecule is COc1ccccc1Oc1ccc(CN=C(N)N)cc1. The first-order chi connectivity index (χ1) is 9.69. The fraction of sp³-hybridized carbons (Fsp3) is 0.133.